The van der Waals surface area contributed by atoms with E-state index in [0.717, 1.165) is 34.0 Å². The third-order valence-electron chi connectivity index (χ3n) is 4.97. The van der Waals surface area contributed by atoms with Crippen molar-refractivity contribution in [2.75, 3.05) is 13.9 Å². The molecule has 1 aromatic heterocycles. The van der Waals surface area contributed by atoms with Gasteiger partial charge in [0.2, 0.25) is 6.79 Å². The van der Waals surface area contributed by atoms with Gasteiger partial charge in [0.1, 0.15) is 5.75 Å². The van der Waals surface area contributed by atoms with Gasteiger partial charge in [-0.3, -0.25) is 0 Å². The summed E-state index contributed by atoms with van der Waals surface area (Å²) in [5.74, 6) is 2.25. The minimum absolute atomic E-state index is 0.105. The number of halogens is 1. The molecule has 1 aliphatic rings. The van der Waals surface area contributed by atoms with E-state index in [4.69, 9.17) is 25.8 Å². The fourth-order valence-electron chi connectivity index (χ4n) is 3.30. The maximum Gasteiger partial charge on any atom is 0.231 e. The molecular weight excluding hydrogens is 378 g/mol. The maximum absolute atomic E-state index is 6.38. The summed E-state index contributed by atoms with van der Waals surface area (Å²) in [5.41, 5.74) is 4.18. The molecule has 0 unspecified atom stereocenters. The van der Waals surface area contributed by atoms with E-state index in [-0.39, 0.29) is 12.8 Å². The minimum atomic E-state index is 0.105. The lowest BCUT2D eigenvalue weighted by atomic mass is 10.1. The highest BCUT2D eigenvalue weighted by Gasteiger charge is 2.18. The van der Waals surface area contributed by atoms with E-state index in [9.17, 15) is 0 Å². The first-order chi connectivity index (χ1) is 13.6. The van der Waals surface area contributed by atoms with Crippen molar-refractivity contribution in [3.63, 3.8) is 0 Å². The van der Waals surface area contributed by atoms with Gasteiger partial charge in [0.25, 0.3) is 0 Å². The third-order valence-corrected chi connectivity index (χ3v) is 5.32. The predicted octanol–water partition coefficient (Wildman–Crippen LogP) is 4.42. The average molecular weight is 400 g/mol. The number of nitrogens with one attached hydrogen (secondary N) is 1. The summed E-state index contributed by atoms with van der Waals surface area (Å²) in [6.45, 7) is 5.04. The second-order valence-corrected chi connectivity index (χ2v) is 7.10. The molecule has 3 aromatic rings. The number of hydrogen-bond acceptors (Lipinski definition) is 5. The molecule has 2 heterocycles. The first-order valence-electron chi connectivity index (χ1n) is 9.07. The van der Waals surface area contributed by atoms with Gasteiger partial charge < -0.3 is 19.5 Å². The molecular formula is C21H22ClN3O3. The summed E-state index contributed by atoms with van der Waals surface area (Å²) in [6.07, 6.45) is 1.90. The van der Waals surface area contributed by atoms with E-state index in [2.05, 4.69) is 24.3 Å². The molecule has 1 aliphatic heterocycles. The van der Waals surface area contributed by atoms with Gasteiger partial charge >= 0.3 is 0 Å². The zero-order chi connectivity index (χ0) is 19.7. The summed E-state index contributed by atoms with van der Waals surface area (Å²) in [6, 6.07) is 11.7. The molecule has 28 heavy (non-hydrogen) atoms. The smallest absolute Gasteiger partial charge is 0.231 e. The molecule has 6 nitrogen and oxygen atoms in total. The first kappa shape index (κ1) is 18.7. The SMILES string of the molecule is COc1ccc(-n2ncc([C@@H](C)NCc3cc4c(cc3Cl)OCO4)c2C)cc1. The lowest BCUT2D eigenvalue weighted by Crippen LogP contribution is -2.19. The number of rotatable bonds is 6. The van der Waals surface area contributed by atoms with Gasteiger partial charge in [0.05, 0.1) is 19.0 Å². The Morgan fingerprint density at radius 3 is 2.64 bits per heavy atom. The number of ether oxygens (including phenoxy) is 3. The van der Waals surface area contributed by atoms with Crippen molar-refractivity contribution in [1.82, 2.24) is 15.1 Å². The summed E-state index contributed by atoms with van der Waals surface area (Å²) < 4.78 is 18.0. The molecule has 146 valence electrons. The van der Waals surface area contributed by atoms with E-state index in [1.165, 1.54) is 0 Å². The second-order valence-electron chi connectivity index (χ2n) is 6.69. The number of benzene rings is 2. The zero-order valence-electron chi connectivity index (χ0n) is 16.0. The third kappa shape index (κ3) is 3.53. The Bertz CT molecular complexity index is 985. The highest BCUT2D eigenvalue weighted by atomic mass is 35.5. The van der Waals surface area contributed by atoms with Crippen molar-refractivity contribution in [3.05, 3.63) is 64.4 Å². The van der Waals surface area contributed by atoms with Crippen LogP contribution in [-0.2, 0) is 6.54 Å². The van der Waals surface area contributed by atoms with Crippen LogP contribution in [0.1, 0.15) is 29.8 Å². The van der Waals surface area contributed by atoms with Crippen molar-refractivity contribution in [2.45, 2.75) is 26.4 Å². The Morgan fingerprint density at radius 1 is 1.21 bits per heavy atom. The maximum atomic E-state index is 6.38. The van der Waals surface area contributed by atoms with Crippen molar-refractivity contribution < 1.29 is 14.2 Å². The number of nitrogens with zero attached hydrogens (tertiary/aromatic N) is 2. The van der Waals surface area contributed by atoms with Crippen LogP contribution in [0.25, 0.3) is 5.69 Å². The van der Waals surface area contributed by atoms with E-state index < -0.39 is 0 Å². The topological polar surface area (TPSA) is 57.5 Å². The molecule has 4 rings (SSSR count). The number of aromatic nitrogens is 2. The molecule has 0 saturated heterocycles. The van der Waals surface area contributed by atoms with E-state index in [0.29, 0.717) is 17.3 Å². The van der Waals surface area contributed by atoms with Crippen LogP contribution in [0.3, 0.4) is 0 Å². The summed E-state index contributed by atoms with van der Waals surface area (Å²) >= 11 is 6.38. The highest BCUT2D eigenvalue weighted by Crippen LogP contribution is 2.37. The Morgan fingerprint density at radius 2 is 1.93 bits per heavy atom. The van der Waals surface area contributed by atoms with E-state index in [1.54, 1.807) is 13.2 Å². The zero-order valence-corrected chi connectivity index (χ0v) is 16.8. The molecule has 0 radical (unpaired) electrons. The van der Waals surface area contributed by atoms with Crippen LogP contribution in [0.5, 0.6) is 17.2 Å². The van der Waals surface area contributed by atoms with E-state index in [1.807, 2.05) is 41.2 Å². The standard InChI is InChI=1S/C21H22ClN3O3/c1-13(23-10-15-8-20-21(9-19(15)22)28-12-27-20)18-11-24-25(14(18)2)16-4-6-17(26-3)7-5-16/h4-9,11,13,23H,10,12H2,1-3H3/t13-/m1/s1. The molecule has 0 saturated carbocycles. The predicted molar refractivity (Wildman–Crippen MR) is 108 cm³/mol. The van der Waals surface area contributed by atoms with Crippen LogP contribution in [0.2, 0.25) is 5.02 Å². The van der Waals surface area contributed by atoms with Crippen LogP contribution in [0.15, 0.2) is 42.6 Å². The van der Waals surface area contributed by atoms with Crippen LogP contribution >= 0.6 is 11.6 Å². The largest absolute Gasteiger partial charge is 0.497 e. The monoisotopic (exact) mass is 399 g/mol. The summed E-state index contributed by atoms with van der Waals surface area (Å²) in [4.78, 5) is 0. The van der Waals surface area contributed by atoms with Gasteiger partial charge in [-0.25, -0.2) is 4.68 Å². The normalized spacial score (nSPS) is 13.6. The molecule has 0 spiro atoms. The van der Waals surface area contributed by atoms with Crippen LogP contribution in [0.4, 0.5) is 0 Å². The molecule has 7 heteroatoms. The van der Waals surface area contributed by atoms with Gasteiger partial charge in [-0.2, -0.15) is 5.10 Å². The summed E-state index contributed by atoms with van der Waals surface area (Å²) in [5, 5.41) is 8.73. The lowest BCUT2D eigenvalue weighted by Gasteiger charge is -2.15. The van der Waals surface area contributed by atoms with E-state index >= 15 is 0 Å². The number of methoxy groups -OCH3 is 1. The van der Waals surface area contributed by atoms with Crippen LogP contribution in [-0.4, -0.2) is 23.7 Å². The van der Waals surface area contributed by atoms with Crippen molar-refractivity contribution in [2.24, 2.45) is 0 Å². The van der Waals surface area contributed by atoms with Gasteiger partial charge in [0.15, 0.2) is 11.5 Å². The molecule has 2 aromatic carbocycles. The highest BCUT2D eigenvalue weighted by molar-refractivity contribution is 6.31. The molecule has 0 fully saturated rings. The Labute approximate surface area is 169 Å². The molecule has 1 N–H and O–H groups in total. The fraction of sp³-hybridized carbons (Fsp3) is 0.286. The molecule has 0 bridgehead atoms. The Hall–Kier alpha value is -2.70. The minimum Gasteiger partial charge on any atom is -0.497 e. The van der Waals surface area contributed by atoms with Crippen molar-refractivity contribution in [1.29, 1.82) is 0 Å². The van der Waals surface area contributed by atoms with Gasteiger partial charge in [-0.05, 0) is 49.7 Å². The number of hydrogen-bond donors (Lipinski definition) is 1. The Balaban J connectivity index is 1.48. The van der Waals surface area contributed by atoms with Gasteiger partial charge in [0, 0.05) is 34.9 Å². The molecule has 0 aliphatic carbocycles. The lowest BCUT2D eigenvalue weighted by molar-refractivity contribution is 0.174. The molecule has 1 atom stereocenters. The Kier molecular flexibility index (Phi) is 5.15. The fourth-order valence-corrected chi connectivity index (χ4v) is 3.52. The first-order valence-corrected chi connectivity index (χ1v) is 9.45. The average Bonchev–Trinajstić information content (AvgIpc) is 3.32. The van der Waals surface area contributed by atoms with Crippen molar-refractivity contribution in [3.8, 4) is 22.9 Å². The van der Waals surface area contributed by atoms with Gasteiger partial charge in [-0.1, -0.05) is 11.6 Å². The molecule has 0 amide bonds. The van der Waals surface area contributed by atoms with Gasteiger partial charge in [-0.15, -0.1) is 0 Å². The second kappa shape index (κ2) is 7.73. The quantitative estimate of drug-likeness (QED) is 0.664. The number of fused-ring (bicyclic) bond motifs is 1. The van der Waals surface area contributed by atoms with Crippen LogP contribution in [0, 0.1) is 6.92 Å². The summed E-state index contributed by atoms with van der Waals surface area (Å²) in [7, 11) is 1.66. The van der Waals surface area contributed by atoms with Crippen LogP contribution < -0.4 is 19.5 Å². The van der Waals surface area contributed by atoms with Crippen molar-refractivity contribution >= 4 is 11.6 Å².